The van der Waals surface area contributed by atoms with E-state index in [-0.39, 0.29) is 11.3 Å². The second-order valence-electron chi connectivity index (χ2n) is 4.41. The van der Waals surface area contributed by atoms with Gasteiger partial charge in [-0.3, -0.25) is 4.79 Å². The lowest BCUT2D eigenvalue weighted by molar-refractivity contribution is 0.103. The number of anilines is 1. The molecule has 0 radical (unpaired) electrons. The highest BCUT2D eigenvalue weighted by molar-refractivity contribution is 6.31. The number of ketones is 1. The fourth-order valence-electron chi connectivity index (χ4n) is 2.08. The SMILES string of the molecule is Nc1ccc(F)c(C(=O)c2c[nH]c3ncc(Cl)cc23)c1F. The molecule has 0 spiro atoms. The number of H-pyrrole nitrogens is 1. The lowest BCUT2D eigenvalue weighted by Gasteiger charge is -2.05. The Morgan fingerprint density at radius 3 is 2.86 bits per heavy atom. The Bertz CT molecular complexity index is 876. The van der Waals surface area contributed by atoms with E-state index in [0.717, 1.165) is 12.1 Å². The van der Waals surface area contributed by atoms with Gasteiger partial charge in [0.15, 0.2) is 5.82 Å². The van der Waals surface area contributed by atoms with Crippen molar-refractivity contribution in [1.82, 2.24) is 9.97 Å². The van der Waals surface area contributed by atoms with Crippen LogP contribution in [0.4, 0.5) is 14.5 Å². The molecule has 2 aromatic heterocycles. The van der Waals surface area contributed by atoms with Gasteiger partial charge in [-0.1, -0.05) is 11.6 Å². The van der Waals surface area contributed by atoms with E-state index < -0.39 is 23.0 Å². The monoisotopic (exact) mass is 307 g/mol. The molecule has 0 unspecified atom stereocenters. The number of nitrogens with zero attached hydrogens (tertiary/aromatic N) is 1. The Balaban J connectivity index is 2.22. The molecule has 1 aromatic carbocycles. The summed E-state index contributed by atoms with van der Waals surface area (Å²) >= 11 is 5.83. The summed E-state index contributed by atoms with van der Waals surface area (Å²) < 4.78 is 27.7. The summed E-state index contributed by atoms with van der Waals surface area (Å²) in [6, 6.07) is 3.51. The number of carbonyl (C=O) groups is 1. The number of nitrogens with one attached hydrogen (secondary N) is 1. The van der Waals surface area contributed by atoms with E-state index in [1.807, 2.05) is 0 Å². The van der Waals surface area contributed by atoms with Crippen molar-refractivity contribution in [3.8, 4) is 0 Å². The second kappa shape index (κ2) is 4.82. The van der Waals surface area contributed by atoms with Crippen LogP contribution in [0.2, 0.25) is 5.02 Å². The maximum Gasteiger partial charge on any atom is 0.201 e. The number of aromatic nitrogens is 2. The number of hydrogen-bond donors (Lipinski definition) is 2. The van der Waals surface area contributed by atoms with Crippen LogP contribution in [0.25, 0.3) is 11.0 Å². The molecule has 3 aromatic rings. The zero-order chi connectivity index (χ0) is 15.1. The van der Waals surface area contributed by atoms with Gasteiger partial charge in [0, 0.05) is 23.3 Å². The van der Waals surface area contributed by atoms with Gasteiger partial charge in [0.25, 0.3) is 0 Å². The number of pyridine rings is 1. The van der Waals surface area contributed by atoms with Crippen LogP contribution < -0.4 is 5.73 Å². The minimum atomic E-state index is -1.08. The number of carbonyl (C=O) groups excluding carboxylic acids is 1. The first-order chi connectivity index (χ1) is 9.99. The molecule has 4 nitrogen and oxygen atoms in total. The molecule has 0 aliphatic rings. The van der Waals surface area contributed by atoms with Gasteiger partial charge >= 0.3 is 0 Å². The highest BCUT2D eigenvalue weighted by Crippen LogP contribution is 2.26. The van der Waals surface area contributed by atoms with Crippen molar-refractivity contribution in [3.63, 3.8) is 0 Å². The molecule has 0 amide bonds. The topological polar surface area (TPSA) is 71.8 Å². The van der Waals surface area contributed by atoms with Gasteiger partial charge in [0.1, 0.15) is 11.5 Å². The van der Waals surface area contributed by atoms with Gasteiger partial charge in [0.05, 0.1) is 16.3 Å². The summed E-state index contributed by atoms with van der Waals surface area (Å²) in [5, 5.41) is 0.693. The average Bonchev–Trinajstić information content (AvgIpc) is 2.86. The van der Waals surface area contributed by atoms with Crippen LogP contribution in [-0.2, 0) is 0 Å². The van der Waals surface area contributed by atoms with Gasteiger partial charge in [-0.25, -0.2) is 13.8 Å². The lowest BCUT2D eigenvalue weighted by Crippen LogP contribution is -2.09. The van der Waals surface area contributed by atoms with E-state index in [1.54, 1.807) is 0 Å². The first-order valence-corrected chi connectivity index (χ1v) is 6.27. The summed E-state index contributed by atoms with van der Waals surface area (Å²) in [4.78, 5) is 19.1. The van der Waals surface area contributed by atoms with Crippen LogP contribution in [0.5, 0.6) is 0 Å². The minimum Gasteiger partial charge on any atom is -0.396 e. The maximum atomic E-state index is 13.9. The number of benzene rings is 1. The first-order valence-electron chi connectivity index (χ1n) is 5.90. The fraction of sp³-hybridized carbons (Fsp3) is 0. The molecule has 0 fully saturated rings. The number of rotatable bonds is 2. The molecule has 106 valence electrons. The summed E-state index contributed by atoms with van der Waals surface area (Å²) in [5.74, 6) is -2.88. The Hall–Kier alpha value is -2.47. The molecule has 21 heavy (non-hydrogen) atoms. The number of nitrogen functional groups attached to an aromatic ring is 1. The average molecular weight is 308 g/mol. The molecular weight excluding hydrogens is 300 g/mol. The van der Waals surface area contributed by atoms with E-state index in [9.17, 15) is 13.6 Å². The predicted molar refractivity (Wildman–Crippen MR) is 75.3 cm³/mol. The van der Waals surface area contributed by atoms with Crippen LogP contribution in [0, 0.1) is 11.6 Å². The highest BCUT2D eigenvalue weighted by Gasteiger charge is 2.23. The number of aromatic amines is 1. The summed E-state index contributed by atoms with van der Waals surface area (Å²) in [7, 11) is 0. The van der Waals surface area contributed by atoms with E-state index in [2.05, 4.69) is 9.97 Å². The Kier molecular flexibility index (Phi) is 3.10. The Morgan fingerprint density at radius 1 is 1.33 bits per heavy atom. The van der Waals surface area contributed by atoms with Gasteiger partial charge in [-0.2, -0.15) is 0 Å². The summed E-state index contributed by atoms with van der Waals surface area (Å²) in [6.07, 6.45) is 2.73. The van der Waals surface area contributed by atoms with Crippen LogP contribution in [0.1, 0.15) is 15.9 Å². The van der Waals surface area contributed by atoms with Crippen LogP contribution in [-0.4, -0.2) is 15.8 Å². The maximum absolute atomic E-state index is 13.9. The lowest BCUT2D eigenvalue weighted by atomic mass is 10.0. The molecule has 3 rings (SSSR count). The predicted octanol–water partition coefficient (Wildman–Crippen LogP) is 3.31. The molecule has 0 saturated carbocycles. The fourth-order valence-corrected chi connectivity index (χ4v) is 2.24. The largest absolute Gasteiger partial charge is 0.396 e. The van der Waals surface area contributed by atoms with Crippen molar-refractivity contribution in [3.05, 3.63) is 58.4 Å². The normalized spacial score (nSPS) is 11.0. The van der Waals surface area contributed by atoms with Gasteiger partial charge in [0.2, 0.25) is 5.78 Å². The Morgan fingerprint density at radius 2 is 2.10 bits per heavy atom. The van der Waals surface area contributed by atoms with Gasteiger partial charge < -0.3 is 10.7 Å². The van der Waals surface area contributed by atoms with E-state index in [4.69, 9.17) is 17.3 Å². The molecule has 0 atom stereocenters. The van der Waals surface area contributed by atoms with Crippen molar-refractivity contribution in [2.75, 3.05) is 5.73 Å². The second-order valence-corrected chi connectivity index (χ2v) is 4.84. The zero-order valence-corrected chi connectivity index (χ0v) is 11.2. The van der Waals surface area contributed by atoms with Crippen LogP contribution in [0.15, 0.2) is 30.6 Å². The third kappa shape index (κ3) is 2.13. The van der Waals surface area contributed by atoms with Crippen molar-refractivity contribution in [2.24, 2.45) is 0 Å². The van der Waals surface area contributed by atoms with Crippen molar-refractivity contribution < 1.29 is 13.6 Å². The smallest absolute Gasteiger partial charge is 0.201 e. The molecular formula is C14H8ClF2N3O. The van der Waals surface area contributed by atoms with E-state index in [0.29, 0.717) is 16.1 Å². The first kappa shape index (κ1) is 13.5. The third-order valence-electron chi connectivity index (χ3n) is 3.09. The van der Waals surface area contributed by atoms with Crippen molar-refractivity contribution >= 4 is 34.1 Å². The van der Waals surface area contributed by atoms with E-state index in [1.165, 1.54) is 18.5 Å². The minimum absolute atomic E-state index is 0.0726. The molecule has 3 N–H and O–H groups in total. The number of fused-ring (bicyclic) bond motifs is 1. The quantitative estimate of drug-likeness (QED) is 0.563. The number of halogens is 3. The summed E-state index contributed by atoms with van der Waals surface area (Å²) in [6.45, 7) is 0. The number of nitrogens with two attached hydrogens (primary N) is 1. The standard InChI is InChI=1S/C14H8ClF2N3O/c15-6-3-7-8(5-20-14(7)19-4-6)13(21)11-9(16)1-2-10(18)12(11)17/h1-5H,18H2,(H,19,20). The Labute approximate surface area is 122 Å². The van der Waals surface area contributed by atoms with Gasteiger partial charge in [-0.15, -0.1) is 0 Å². The van der Waals surface area contributed by atoms with Crippen LogP contribution in [0.3, 0.4) is 0 Å². The van der Waals surface area contributed by atoms with E-state index >= 15 is 0 Å². The molecule has 0 saturated heterocycles. The molecule has 0 bridgehead atoms. The van der Waals surface area contributed by atoms with Crippen molar-refractivity contribution in [2.45, 2.75) is 0 Å². The van der Waals surface area contributed by atoms with Crippen LogP contribution >= 0.6 is 11.6 Å². The molecule has 0 aliphatic carbocycles. The zero-order valence-electron chi connectivity index (χ0n) is 10.5. The number of hydrogen-bond acceptors (Lipinski definition) is 3. The third-order valence-corrected chi connectivity index (χ3v) is 3.30. The molecule has 0 aliphatic heterocycles. The highest BCUT2D eigenvalue weighted by atomic mass is 35.5. The molecule has 2 heterocycles. The van der Waals surface area contributed by atoms with Crippen molar-refractivity contribution in [1.29, 1.82) is 0 Å². The van der Waals surface area contributed by atoms with Gasteiger partial charge in [-0.05, 0) is 18.2 Å². The molecule has 7 heteroatoms. The summed E-state index contributed by atoms with van der Waals surface area (Å²) in [5.41, 5.74) is 4.86.